The number of fused-ring (bicyclic) bond motifs is 1. The molecule has 0 aliphatic rings. The molecule has 0 N–H and O–H groups in total. The quantitative estimate of drug-likeness (QED) is 0.184. The van der Waals surface area contributed by atoms with Crippen molar-refractivity contribution in [2.24, 2.45) is 0 Å². The molecule has 33 heavy (non-hydrogen) atoms. The average Bonchev–Trinajstić information content (AvgIpc) is 3.15. The lowest BCUT2D eigenvalue weighted by molar-refractivity contribution is 0.0316. The van der Waals surface area contributed by atoms with Gasteiger partial charge in [0.1, 0.15) is 0 Å². The zero-order valence-corrected chi connectivity index (χ0v) is 21.0. The van der Waals surface area contributed by atoms with Crippen LogP contribution in [0.2, 0.25) is 0 Å². The number of benzene rings is 1. The first-order valence-electron chi connectivity index (χ1n) is 11.4. The van der Waals surface area contributed by atoms with E-state index < -0.39 is 8.53 Å². The van der Waals surface area contributed by atoms with Crippen LogP contribution in [0.25, 0.3) is 10.9 Å². The molecule has 1 aromatic heterocycles. The molecule has 1 atom stereocenters. The number of carbonyl (C=O) groups is 1. The second-order valence-electron chi connectivity index (χ2n) is 8.02. The van der Waals surface area contributed by atoms with E-state index in [0.29, 0.717) is 58.2 Å². The van der Waals surface area contributed by atoms with Crippen molar-refractivity contribution in [2.45, 2.75) is 52.7 Å². The third-order valence-electron chi connectivity index (χ3n) is 4.89. The Bertz CT molecular complexity index is 873. The smallest absolute Gasteiger partial charge is 0.259 e. The summed E-state index contributed by atoms with van der Waals surface area (Å²) in [5, 5.41) is 9.73. The molecule has 0 amide bonds. The predicted octanol–water partition coefficient (Wildman–Crippen LogP) is 4.78. The van der Waals surface area contributed by atoms with Gasteiger partial charge in [-0.05, 0) is 33.8 Å². The van der Waals surface area contributed by atoms with Gasteiger partial charge in [0.25, 0.3) is 8.53 Å². The van der Waals surface area contributed by atoms with Gasteiger partial charge in [-0.1, -0.05) is 18.2 Å². The third kappa shape index (κ3) is 8.78. The van der Waals surface area contributed by atoms with Crippen LogP contribution in [0.3, 0.4) is 0 Å². The monoisotopic (exact) mass is 477 g/mol. The van der Waals surface area contributed by atoms with Crippen LogP contribution in [-0.2, 0) is 25.1 Å². The third-order valence-corrected chi connectivity index (χ3v) is 6.99. The fourth-order valence-electron chi connectivity index (χ4n) is 3.53. The Morgan fingerprint density at radius 1 is 1.00 bits per heavy atom. The topological polar surface area (TPSA) is 85.9 Å². The van der Waals surface area contributed by atoms with Gasteiger partial charge in [0.15, 0.2) is 6.29 Å². The zero-order valence-electron chi connectivity index (χ0n) is 20.1. The summed E-state index contributed by atoms with van der Waals surface area (Å²) in [6.45, 7) is 11.8. The molecule has 8 nitrogen and oxygen atoms in total. The van der Waals surface area contributed by atoms with Gasteiger partial charge >= 0.3 is 0 Å². The Kier molecular flexibility index (Phi) is 12.6. The van der Waals surface area contributed by atoms with E-state index in [-0.39, 0.29) is 12.1 Å². The van der Waals surface area contributed by atoms with Crippen molar-refractivity contribution >= 4 is 25.7 Å². The Morgan fingerprint density at radius 3 is 2.30 bits per heavy atom. The highest BCUT2D eigenvalue weighted by Gasteiger charge is 2.26. The molecule has 0 aliphatic heterocycles. The number of carbonyl (C=O) groups excluding carboxylic acids is 1. The highest BCUT2D eigenvalue weighted by atomic mass is 31.2. The number of hydrogen-bond acceptors (Lipinski definition) is 7. The van der Waals surface area contributed by atoms with Gasteiger partial charge in [0.05, 0.1) is 52.1 Å². The molecular formula is C24H36N3O5P. The van der Waals surface area contributed by atoms with E-state index in [1.54, 1.807) is 0 Å². The summed E-state index contributed by atoms with van der Waals surface area (Å²) in [4.78, 5) is 11.3. The van der Waals surface area contributed by atoms with E-state index in [2.05, 4.69) is 38.4 Å². The van der Waals surface area contributed by atoms with Gasteiger partial charge in [-0.3, -0.25) is 4.79 Å². The van der Waals surface area contributed by atoms with Crippen LogP contribution >= 0.6 is 8.53 Å². The summed E-state index contributed by atoms with van der Waals surface area (Å²) in [5.41, 5.74) is 1.72. The van der Waals surface area contributed by atoms with Gasteiger partial charge in [0, 0.05) is 41.3 Å². The van der Waals surface area contributed by atoms with Gasteiger partial charge in [-0.25, -0.2) is 4.67 Å². The van der Waals surface area contributed by atoms with Gasteiger partial charge < -0.3 is 23.1 Å². The van der Waals surface area contributed by atoms with Crippen molar-refractivity contribution in [2.75, 3.05) is 39.6 Å². The summed E-state index contributed by atoms with van der Waals surface area (Å²) in [5.74, 6) is 0. The van der Waals surface area contributed by atoms with Crippen LogP contribution in [0, 0.1) is 11.3 Å². The second kappa shape index (κ2) is 15.1. The van der Waals surface area contributed by atoms with Crippen molar-refractivity contribution in [3.8, 4) is 6.07 Å². The minimum atomic E-state index is -1.24. The maximum absolute atomic E-state index is 11.3. The lowest BCUT2D eigenvalue weighted by Gasteiger charge is -2.35. The molecule has 0 radical (unpaired) electrons. The van der Waals surface area contributed by atoms with Crippen molar-refractivity contribution in [3.63, 3.8) is 0 Å². The summed E-state index contributed by atoms with van der Waals surface area (Å²) in [6, 6.07) is 10.5. The van der Waals surface area contributed by atoms with Crippen molar-refractivity contribution in [1.82, 2.24) is 9.24 Å². The first kappa shape index (κ1) is 27.4. The fraction of sp³-hybridized carbons (Fsp3) is 0.583. The molecule has 0 bridgehead atoms. The fourth-order valence-corrected chi connectivity index (χ4v) is 5.10. The number of para-hydroxylation sites is 1. The maximum atomic E-state index is 11.3. The van der Waals surface area contributed by atoms with Gasteiger partial charge in [0.2, 0.25) is 0 Å². The summed E-state index contributed by atoms with van der Waals surface area (Å²) < 4.78 is 27.4. The highest BCUT2D eigenvalue weighted by Crippen LogP contribution is 2.45. The lowest BCUT2D eigenvalue weighted by atomic mass is 10.2. The highest BCUT2D eigenvalue weighted by molar-refractivity contribution is 7.44. The van der Waals surface area contributed by atoms with Crippen LogP contribution < -0.4 is 0 Å². The molecular weight excluding hydrogens is 441 g/mol. The van der Waals surface area contributed by atoms with Crippen molar-refractivity contribution < 1.29 is 23.3 Å². The molecule has 2 aromatic rings. The molecule has 1 heterocycles. The van der Waals surface area contributed by atoms with Crippen LogP contribution in [0.4, 0.5) is 0 Å². The molecule has 0 aliphatic carbocycles. The molecule has 0 saturated carbocycles. The summed E-state index contributed by atoms with van der Waals surface area (Å²) in [7, 11) is -1.24. The number of hydrogen-bond donors (Lipinski definition) is 0. The summed E-state index contributed by atoms with van der Waals surface area (Å²) >= 11 is 0. The Balaban J connectivity index is 1.65. The van der Waals surface area contributed by atoms with Crippen molar-refractivity contribution in [3.05, 3.63) is 36.0 Å². The standard InChI is InChI=1S/C24H36N3O5P/c1-20(2)27(21(3)4)33(31-12-7-10-25)32-17-16-30-15-14-29-13-11-26-18-22(19-28)23-8-5-6-9-24(23)26/h5-6,8-9,18-21H,7,11-17H2,1-4H3. The maximum Gasteiger partial charge on any atom is 0.259 e. The number of aldehydes is 1. The van der Waals surface area contributed by atoms with Crippen molar-refractivity contribution in [1.29, 1.82) is 5.26 Å². The van der Waals surface area contributed by atoms with E-state index in [1.807, 2.05) is 35.0 Å². The first-order valence-corrected chi connectivity index (χ1v) is 12.5. The van der Waals surface area contributed by atoms with Crippen LogP contribution in [0.15, 0.2) is 30.5 Å². The molecule has 0 saturated heterocycles. The summed E-state index contributed by atoms with van der Waals surface area (Å²) in [6.07, 6.45) is 3.09. The van der Waals surface area contributed by atoms with E-state index in [1.165, 1.54) is 0 Å². The van der Waals surface area contributed by atoms with E-state index in [9.17, 15) is 4.79 Å². The SMILES string of the molecule is CC(C)N(C(C)C)P(OCCC#N)OCCOCCOCCn1cc(C=O)c2ccccc21. The second-order valence-corrected chi connectivity index (χ2v) is 9.47. The molecule has 1 unspecified atom stereocenters. The normalized spacial score (nSPS) is 12.7. The van der Waals surface area contributed by atoms with E-state index in [0.717, 1.165) is 17.2 Å². The minimum Gasteiger partial charge on any atom is -0.377 e. The largest absolute Gasteiger partial charge is 0.377 e. The number of rotatable bonds is 17. The Labute approximate surface area is 198 Å². The van der Waals surface area contributed by atoms with Gasteiger partial charge in [-0.15, -0.1) is 0 Å². The van der Waals surface area contributed by atoms with Crippen LogP contribution in [0.5, 0.6) is 0 Å². The predicted molar refractivity (Wildman–Crippen MR) is 130 cm³/mol. The number of nitriles is 1. The number of ether oxygens (including phenoxy) is 2. The number of aromatic nitrogens is 1. The van der Waals surface area contributed by atoms with E-state index in [4.69, 9.17) is 23.8 Å². The minimum absolute atomic E-state index is 0.271. The Hall–Kier alpha value is -1.85. The molecule has 9 heteroatoms. The van der Waals surface area contributed by atoms with Gasteiger partial charge in [-0.2, -0.15) is 5.26 Å². The Morgan fingerprint density at radius 2 is 1.64 bits per heavy atom. The molecule has 2 rings (SSSR count). The molecule has 1 aromatic carbocycles. The molecule has 0 spiro atoms. The van der Waals surface area contributed by atoms with Crippen LogP contribution in [0.1, 0.15) is 44.5 Å². The number of nitrogens with zero attached hydrogens (tertiary/aromatic N) is 3. The lowest BCUT2D eigenvalue weighted by Crippen LogP contribution is -2.34. The zero-order chi connectivity index (χ0) is 24.1. The van der Waals surface area contributed by atoms with E-state index >= 15 is 0 Å². The average molecular weight is 478 g/mol. The molecule has 182 valence electrons. The van der Waals surface area contributed by atoms with Crippen LogP contribution in [-0.4, -0.2) is 67.2 Å². The molecule has 0 fully saturated rings. The first-order chi connectivity index (χ1) is 16.0.